The molecule has 3 rings (SSSR count). The minimum absolute atomic E-state index is 0.115. The number of carbonyl (C=O) groups is 1. The average Bonchev–Trinajstić information content (AvgIpc) is 2.70. The van der Waals surface area contributed by atoms with E-state index in [9.17, 15) is 9.59 Å². The van der Waals surface area contributed by atoms with E-state index in [1.807, 2.05) is 13.0 Å². The first-order valence-corrected chi connectivity index (χ1v) is 11.0. The minimum Gasteiger partial charge on any atom is -0.349 e. The normalized spacial score (nSPS) is 12.0. The first-order chi connectivity index (χ1) is 14.3. The van der Waals surface area contributed by atoms with Gasteiger partial charge in [0.15, 0.2) is 5.16 Å². The lowest BCUT2D eigenvalue weighted by Gasteiger charge is -2.16. The predicted octanol–water partition coefficient (Wildman–Crippen LogP) is 4.82. The standard InChI is InChI=1S/C23H24ClN3O2S/c1-5-10-27-22(29)19-9-8-18(24)12-20(19)26-23(27)30-13-21(28)25-16(4)17-7-6-14(2)15(3)11-17/h5-9,11-12,16H,1,10,13H2,2-4H3,(H,25,28)/t16-/m0/s1. The van der Waals surface area contributed by atoms with Crippen LogP contribution in [0, 0.1) is 13.8 Å². The maximum atomic E-state index is 12.8. The summed E-state index contributed by atoms with van der Waals surface area (Å²) in [6, 6.07) is 11.0. The third-order valence-electron chi connectivity index (χ3n) is 4.93. The van der Waals surface area contributed by atoms with Crippen LogP contribution < -0.4 is 10.9 Å². The molecule has 0 bridgehead atoms. The fourth-order valence-electron chi connectivity index (χ4n) is 3.10. The number of nitrogens with zero attached hydrogens (tertiary/aromatic N) is 2. The van der Waals surface area contributed by atoms with Gasteiger partial charge in [0.25, 0.3) is 5.56 Å². The predicted molar refractivity (Wildman–Crippen MR) is 124 cm³/mol. The number of nitrogens with one attached hydrogen (secondary N) is 1. The summed E-state index contributed by atoms with van der Waals surface area (Å²) >= 11 is 7.27. The van der Waals surface area contributed by atoms with Crippen LogP contribution >= 0.6 is 23.4 Å². The number of amides is 1. The van der Waals surface area contributed by atoms with Crippen LogP contribution in [-0.2, 0) is 11.3 Å². The number of hydrogen-bond acceptors (Lipinski definition) is 4. The first kappa shape index (κ1) is 22.1. The van der Waals surface area contributed by atoms with Gasteiger partial charge in [0, 0.05) is 11.6 Å². The number of fused-ring (bicyclic) bond motifs is 1. The van der Waals surface area contributed by atoms with Gasteiger partial charge in [-0.1, -0.05) is 47.6 Å². The van der Waals surface area contributed by atoms with Crippen LogP contribution in [0.4, 0.5) is 0 Å². The fraction of sp³-hybridized carbons (Fsp3) is 0.261. The van der Waals surface area contributed by atoms with Crippen molar-refractivity contribution in [2.75, 3.05) is 5.75 Å². The summed E-state index contributed by atoms with van der Waals surface area (Å²) in [6.45, 7) is 10.1. The molecule has 1 amide bonds. The molecule has 0 saturated heterocycles. The Hall–Kier alpha value is -2.57. The Labute approximate surface area is 185 Å². The molecular formula is C23H24ClN3O2S. The van der Waals surface area contributed by atoms with Gasteiger partial charge in [-0.15, -0.1) is 6.58 Å². The van der Waals surface area contributed by atoms with Gasteiger partial charge >= 0.3 is 0 Å². The van der Waals surface area contributed by atoms with E-state index in [1.165, 1.54) is 27.5 Å². The summed E-state index contributed by atoms with van der Waals surface area (Å²) in [6.07, 6.45) is 1.64. The van der Waals surface area contributed by atoms with Crippen molar-refractivity contribution in [2.24, 2.45) is 0 Å². The van der Waals surface area contributed by atoms with Gasteiger partial charge in [-0.25, -0.2) is 4.98 Å². The Balaban J connectivity index is 1.77. The number of carbonyl (C=O) groups excluding carboxylic acids is 1. The molecule has 2 aromatic carbocycles. The van der Waals surface area contributed by atoms with Crippen LogP contribution in [0.1, 0.15) is 29.7 Å². The van der Waals surface area contributed by atoms with E-state index in [-0.39, 0.29) is 23.3 Å². The molecule has 1 heterocycles. The second-order valence-electron chi connectivity index (χ2n) is 7.18. The van der Waals surface area contributed by atoms with Crippen molar-refractivity contribution in [3.05, 3.63) is 81.1 Å². The molecule has 30 heavy (non-hydrogen) atoms. The van der Waals surface area contributed by atoms with Crippen molar-refractivity contribution in [3.8, 4) is 0 Å². The van der Waals surface area contributed by atoms with Gasteiger partial charge in [0.2, 0.25) is 5.91 Å². The zero-order valence-corrected chi connectivity index (χ0v) is 18.8. The van der Waals surface area contributed by atoms with Gasteiger partial charge in [-0.3, -0.25) is 14.2 Å². The Morgan fingerprint density at radius 1 is 1.27 bits per heavy atom. The van der Waals surface area contributed by atoms with Gasteiger partial charge in [0.05, 0.1) is 22.7 Å². The number of halogens is 1. The van der Waals surface area contributed by atoms with E-state index in [0.29, 0.717) is 27.6 Å². The molecule has 0 aliphatic carbocycles. The Morgan fingerprint density at radius 2 is 2.03 bits per heavy atom. The summed E-state index contributed by atoms with van der Waals surface area (Å²) < 4.78 is 1.52. The van der Waals surface area contributed by atoms with E-state index in [4.69, 9.17) is 11.6 Å². The number of benzene rings is 2. The monoisotopic (exact) mass is 441 g/mol. The van der Waals surface area contributed by atoms with Gasteiger partial charge in [0.1, 0.15) is 0 Å². The second kappa shape index (κ2) is 9.49. The van der Waals surface area contributed by atoms with Crippen LogP contribution in [0.3, 0.4) is 0 Å². The lowest BCUT2D eigenvalue weighted by atomic mass is 10.0. The summed E-state index contributed by atoms with van der Waals surface area (Å²) in [5, 5.41) is 4.46. The maximum absolute atomic E-state index is 12.8. The SMILES string of the molecule is C=CCn1c(SCC(=O)N[C@@H](C)c2ccc(C)c(C)c2)nc2cc(Cl)ccc2c1=O. The lowest BCUT2D eigenvalue weighted by molar-refractivity contribution is -0.119. The fourth-order valence-corrected chi connectivity index (χ4v) is 4.09. The summed E-state index contributed by atoms with van der Waals surface area (Å²) in [7, 11) is 0. The highest BCUT2D eigenvalue weighted by molar-refractivity contribution is 7.99. The van der Waals surface area contributed by atoms with Crippen molar-refractivity contribution in [1.29, 1.82) is 0 Å². The van der Waals surface area contributed by atoms with E-state index >= 15 is 0 Å². The molecule has 0 unspecified atom stereocenters. The van der Waals surface area contributed by atoms with Gasteiger partial charge < -0.3 is 5.32 Å². The maximum Gasteiger partial charge on any atom is 0.262 e. The molecule has 0 radical (unpaired) electrons. The van der Waals surface area contributed by atoms with Gasteiger partial charge in [-0.05, 0) is 55.7 Å². The molecule has 0 spiro atoms. The summed E-state index contributed by atoms with van der Waals surface area (Å²) in [5.74, 6) is 0.0153. The zero-order valence-electron chi connectivity index (χ0n) is 17.2. The number of aromatic nitrogens is 2. The molecular weight excluding hydrogens is 418 g/mol. The number of rotatable bonds is 7. The quantitative estimate of drug-likeness (QED) is 0.324. The van der Waals surface area contributed by atoms with E-state index in [0.717, 1.165) is 5.56 Å². The Bertz CT molecular complexity index is 1170. The molecule has 1 aromatic heterocycles. The van der Waals surface area contributed by atoms with E-state index in [1.54, 1.807) is 24.3 Å². The van der Waals surface area contributed by atoms with Crippen LogP contribution in [0.15, 0.2) is 59.0 Å². The topological polar surface area (TPSA) is 64.0 Å². The van der Waals surface area contributed by atoms with Crippen molar-refractivity contribution < 1.29 is 4.79 Å². The molecule has 7 heteroatoms. The number of aryl methyl sites for hydroxylation is 2. The molecule has 0 aliphatic rings. The molecule has 0 aliphatic heterocycles. The minimum atomic E-state index is -0.178. The van der Waals surface area contributed by atoms with Crippen molar-refractivity contribution in [3.63, 3.8) is 0 Å². The lowest BCUT2D eigenvalue weighted by Crippen LogP contribution is -2.29. The van der Waals surface area contributed by atoms with E-state index in [2.05, 4.69) is 42.9 Å². The summed E-state index contributed by atoms with van der Waals surface area (Å²) in [4.78, 5) is 29.9. The van der Waals surface area contributed by atoms with E-state index < -0.39 is 0 Å². The molecule has 3 aromatic rings. The first-order valence-electron chi connectivity index (χ1n) is 9.60. The molecule has 0 saturated carbocycles. The zero-order chi connectivity index (χ0) is 21.8. The molecule has 5 nitrogen and oxygen atoms in total. The number of thioether (sulfide) groups is 1. The van der Waals surface area contributed by atoms with Crippen molar-refractivity contribution >= 4 is 40.2 Å². The largest absolute Gasteiger partial charge is 0.349 e. The number of allylic oxidation sites excluding steroid dienone is 1. The smallest absolute Gasteiger partial charge is 0.262 e. The van der Waals surface area contributed by atoms with Crippen LogP contribution in [0.2, 0.25) is 5.02 Å². The van der Waals surface area contributed by atoms with Crippen LogP contribution in [0.5, 0.6) is 0 Å². The Morgan fingerprint density at radius 3 is 2.73 bits per heavy atom. The molecule has 1 atom stereocenters. The molecule has 0 fully saturated rings. The highest BCUT2D eigenvalue weighted by atomic mass is 35.5. The summed E-state index contributed by atoms with van der Waals surface area (Å²) in [5.41, 5.74) is 3.80. The third-order valence-corrected chi connectivity index (χ3v) is 6.15. The third kappa shape index (κ3) is 4.94. The molecule has 156 valence electrons. The molecule has 1 N–H and O–H groups in total. The van der Waals surface area contributed by atoms with Crippen LogP contribution in [0.25, 0.3) is 10.9 Å². The van der Waals surface area contributed by atoms with Crippen molar-refractivity contribution in [1.82, 2.24) is 14.9 Å². The van der Waals surface area contributed by atoms with Crippen molar-refractivity contribution in [2.45, 2.75) is 38.5 Å². The second-order valence-corrected chi connectivity index (χ2v) is 8.56. The average molecular weight is 442 g/mol. The number of hydrogen-bond donors (Lipinski definition) is 1. The van der Waals surface area contributed by atoms with Gasteiger partial charge in [-0.2, -0.15) is 0 Å². The Kier molecular flexibility index (Phi) is 7.00. The van der Waals surface area contributed by atoms with Crippen LogP contribution in [-0.4, -0.2) is 21.2 Å². The highest BCUT2D eigenvalue weighted by Crippen LogP contribution is 2.21. The highest BCUT2D eigenvalue weighted by Gasteiger charge is 2.15.